The average Bonchev–Trinajstić information content (AvgIpc) is 2.47. The van der Waals surface area contributed by atoms with Crippen LogP contribution in [0, 0.1) is 11.3 Å². The second-order valence-electron chi connectivity index (χ2n) is 4.26. The van der Waals surface area contributed by atoms with E-state index in [2.05, 4.69) is 41.4 Å². The van der Waals surface area contributed by atoms with E-state index >= 15 is 0 Å². The summed E-state index contributed by atoms with van der Waals surface area (Å²) in [6.45, 7) is 0.750. The van der Waals surface area contributed by atoms with Crippen LogP contribution < -0.4 is 4.90 Å². The molecular formula is C16H12N2. The molecule has 0 fully saturated rings. The molecule has 2 aromatic carbocycles. The number of anilines is 1. The van der Waals surface area contributed by atoms with Crippen molar-refractivity contribution in [3.8, 4) is 6.07 Å². The molecule has 2 nitrogen and oxygen atoms in total. The highest BCUT2D eigenvalue weighted by atomic mass is 15.1. The monoisotopic (exact) mass is 232 g/mol. The molecular weight excluding hydrogens is 220 g/mol. The van der Waals surface area contributed by atoms with Crippen LogP contribution in [-0.4, -0.2) is 0 Å². The van der Waals surface area contributed by atoms with Crippen molar-refractivity contribution in [2.45, 2.75) is 6.54 Å². The van der Waals surface area contributed by atoms with E-state index in [1.807, 2.05) is 30.3 Å². The van der Waals surface area contributed by atoms with Crippen LogP contribution in [0.15, 0.2) is 54.7 Å². The van der Waals surface area contributed by atoms with Gasteiger partial charge >= 0.3 is 0 Å². The van der Waals surface area contributed by atoms with Crippen LogP contribution >= 0.6 is 0 Å². The highest BCUT2D eigenvalue weighted by Gasteiger charge is 2.14. The first-order chi connectivity index (χ1) is 8.88. The first-order valence-corrected chi connectivity index (χ1v) is 5.90. The van der Waals surface area contributed by atoms with Gasteiger partial charge in [-0.15, -0.1) is 0 Å². The summed E-state index contributed by atoms with van der Waals surface area (Å²) in [4.78, 5) is 2.16. The van der Waals surface area contributed by atoms with E-state index in [0.717, 1.165) is 28.9 Å². The Bertz CT molecular complexity index is 636. The van der Waals surface area contributed by atoms with Gasteiger partial charge in [-0.1, -0.05) is 30.3 Å². The minimum atomic E-state index is 0.750. The molecule has 18 heavy (non-hydrogen) atoms. The molecule has 1 heterocycles. The second kappa shape index (κ2) is 4.38. The minimum absolute atomic E-state index is 0.750. The lowest BCUT2D eigenvalue weighted by atomic mass is 9.98. The van der Waals surface area contributed by atoms with Crippen molar-refractivity contribution >= 4 is 11.8 Å². The fraction of sp³-hybridized carbons (Fsp3) is 0.0625. The zero-order chi connectivity index (χ0) is 12.4. The maximum Gasteiger partial charge on any atom is 0.0995 e. The summed E-state index contributed by atoms with van der Waals surface area (Å²) in [5.74, 6) is 0. The highest BCUT2D eigenvalue weighted by Crippen LogP contribution is 2.26. The number of hydrogen-bond acceptors (Lipinski definition) is 2. The topological polar surface area (TPSA) is 27.0 Å². The Morgan fingerprint density at radius 3 is 2.61 bits per heavy atom. The molecule has 2 heteroatoms. The molecule has 0 radical (unpaired) electrons. The van der Waals surface area contributed by atoms with Crippen molar-refractivity contribution in [1.29, 1.82) is 5.26 Å². The van der Waals surface area contributed by atoms with Crippen LogP contribution in [0.1, 0.15) is 16.7 Å². The van der Waals surface area contributed by atoms with Gasteiger partial charge in [-0.25, -0.2) is 0 Å². The first-order valence-electron chi connectivity index (χ1n) is 5.90. The molecule has 86 valence electrons. The van der Waals surface area contributed by atoms with Crippen LogP contribution in [0.3, 0.4) is 0 Å². The fourth-order valence-electron chi connectivity index (χ4n) is 2.23. The summed E-state index contributed by atoms with van der Waals surface area (Å²) in [6.07, 6.45) is 4.13. The second-order valence-corrected chi connectivity index (χ2v) is 4.26. The van der Waals surface area contributed by atoms with E-state index in [4.69, 9.17) is 5.26 Å². The van der Waals surface area contributed by atoms with Gasteiger partial charge in [0.2, 0.25) is 0 Å². The number of nitrogens with zero attached hydrogens (tertiary/aromatic N) is 2. The Hall–Kier alpha value is -2.53. The van der Waals surface area contributed by atoms with Crippen molar-refractivity contribution in [1.82, 2.24) is 0 Å². The Balaban J connectivity index is 2.01. The molecule has 0 saturated carbocycles. The smallest absolute Gasteiger partial charge is 0.0995 e. The van der Waals surface area contributed by atoms with Crippen molar-refractivity contribution in [3.63, 3.8) is 0 Å². The van der Waals surface area contributed by atoms with Crippen molar-refractivity contribution in [2.75, 3.05) is 4.90 Å². The van der Waals surface area contributed by atoms with Crippen LogP contribution in [0.25, 0.3) is 6.08 Å². The summed E-state index contributed by atoms with van der Waals surface area (Å²) in [7, 11) is 0. The lowest BCUT2D eigenvalue weighted by molar-refractivity contribution is 0.949. The zero-order valence-corrected chi connectivity index (χ0v) is 9.88. The molecule has 0 N–H and O–H groups in total. The number of benzene rings is 2. The van der Waals surface area contributed by atoms with E-state index in [-0.39, 0.29) is 0 Å². The van der Waals surface area contributed by atoms with Gasteiger partial charge in [0.05, 0.1) is 11.6 Å². The van der Waals surface area contributed by atoms with Gasteiger partial charge in [-0.05, 0) is 35.4 Å². The van der Waals surface area contributed by atoms with Gasteiger partial charge in [0.25, 0.3) is 0 Å². The fourth-order valence-corrected chi connectivity index (χ4v) is 2.23. The number of rotatable bonds is 1. The molecule has 1 aliphatic rings. The first kappa shape index (κ1) is 10.6. The summed E-state index contributed by atoms with van der Waals surface area (Å²) >= 11 is 0. The molecule has 2 aromatic rings. The molecule has 3 rings (SSSR count). The van der Waals surface area contributed by atoms with Gasteiger partial charge in [0.1, 0.15) is 0 Å². The molecule has 0 amide bonds. The Kier molecular flexibility index (Phi) is 2.59. The molecule has 0 atom stereocenters. The Labute approximate surface area is 106 Å². The Morgan fingerprint density at radius 1 is 1.00 bits per heavy atom. The normalized spacial score (nSPS) is 12.9. The van der Waals surface area contributed by atoms with Crippen molar-refractivity contribution in [3.05, 3.63) is 71.4 Å². The zero-order valence-electron chi connectivity index (χ0n) is 9.88. The van der Waals surface area contributed by atoms with E-state index in [9.17, 15) is 0 Å². The van der Waals surface area contributed by atoms with E-state index < -0.39 is 0 Å². The number of fused-ring (bicyclic) bond motifs is 1. The summed E-state index contributed by atoms with van der Waals surface area (Å²) in [6, 6.07) is 18.3. The maximum absolute atomic E-state index is 9.16. The van der Waals surface area contributed by atoms with Gasteiger partial charge in [-0.2, -0.15) is 5.26 Å². The molecule has 0 unspecified atom stereocenters. The highest BCUT2D eigenvalue weighted by molar-refractivity contribution is 5.66. The third-order valence-electron chi connectivity index (χ3n) is 3.18. The van der Waals surface area contributed by atoms with Crippen LogP contribution in [-0.2, 0) is 6.54 Å². The minimum Gasteiger partial charge on any atom is -0.343 e. The van der Waals surface area contributed by atoms with Crippen LogP contribution in [0.5, 0.6) is 0 Å². The van der Waals surface area contributed by atoms with Crippen LogP contribution in [0.4, 0.5) is 5.69 Å². The van der Waals surface area contributed by atoms with Crippen molar-refractivity contribution < 1.29 is 0 Å². The largest absolute Gasteiger partial charge is 0.343 e. The molecule has 0 aliphatic carbocycles. The van der Waals surface area contributed by atoms with E-state index in [1.54, 1.807) is 0 Å². The SMILES string of the molecule is N#Cc1cccc2c1CN(c1ccccc1)C=C2. The molecule has 0 bridgehead atoms. The van der Waals surface area contributed by atoms with Gasteiger partial charge in [-0.3, -0.25) is 0 Å². The molecule has 0 saturated heterocycles. The van der Waals surface area contributed by atoms with E-state index in [1.165, 1.54) is 0 Å². The standard InChI is InChI=1S/C16H12N2/c17-11-14-6-4-5-13-9-10-18(12-16(13)14)15-7-2-1-3-8-15/h1-10H,12H2. The quantitative estimate of drug-likeness (QED) is 0.751. The van der Waals surface area contributed by atoms with Crippen LogP contribution in [0.2, 0.25) is 0 Å². The summed E-state index contributed by atoms with van der Waals surface area (Å²) in [5, 5.41) is 9.16. The molecule has 1 aliphatic heterocycles. The summed E-state index contributed by atoms with van der Waals surface area (Å²) in [5.41, 5.74) is 4.15. The maximum atomic E-state index is 9.16. The van der Waals surface area contributed by atoms with Crippen molar-refractivity contribution in [2.24, 2.45) is 0 Å². The lowest BCUT2D eigenvalue weighted by Gasteiger charge is -2.26. The van der Waals surface area contributed by atoms with Gasteiger partial charge < -0.3 is 4.90 Å². The number of hydrogen-bond donors (Lipinski definition) is 0. The summed E-state index contributed by atoms with van der Waals surface area (Å²) < 4.78 is 0. The molecule has 0 aromatic heterocycles. The predicted octanol–water partition coefficient (Wildman–Crippen LogP) is 3.55. The third kappa shape index (κ3) is 1.76. The van der Waals surface area contributed by atoms with E-state index in [0.29, 0.717) is 0 Å². The molecule has 0 spiro atoms. The number of nitriles is 1. The lowest BCUT2D eigenvalue weighted by Crippen LogP contribution is -2.19. The number of para-hydroxylation sites is 1. The Morgan fingerprint density at radius 2 is 1.83 bits per heavy atom. The van der Waals surface area contributed by atoms with Gasteiger partial charge in [0, 0.05) is 18.4 Å². The van der Waals surface area contributed by atoms with Gasteiger partial charge in [0.15, 0.2) is 0 Å². The average molecular weight is 232 g/mol. The predicted molar refractivity (Wildman–Crippen MR) is 72.8 cm³/mol. The third-order valence-corrected chi connectivity index (χ3v) is 3.18.